The molecule has 1 aromatic heterocycles. The molecule has 22 heavy (non-hydrogen) atoms. The lowest BCUT2D eigenvalue weighted by molar-refractivity contribution is 0.0952. The molecule has 0 aliphatic carbocycles. The van der Waals surface area contributed by atoms with Crippen molar-refractivity contribution in [3.8, 4) is 11.1 Å². The molecule has 0 unspecified atom stereocenters. The van der Waals surface area contributed by atoms with Crippen LogP contribution in [-0.2, 0) is 0 Å². The topological polar surface area (TPSA) is 67.2 Å². The standard InChI is InChI=1S/C17H19N3O2/c1-9-16(10(2)22-20-9)11-3-4-13-14(5-11)17(21)19-7-12-6-18-8-15(12)13/h3-5,12,15,18H,6-8H2,1-2H3,(H,19,21)/t12-,15+/m1/s1. The number of carbonyl (C=O) groups is 1. The molecule has 5 nitrogen and oxygen atoms in total. The summed E-state index contributed by atoms with van der Waals surface area (Å²) in [5.74, 6) is 1.70. The molecule has 1 saturated heterocycles. The van der Waals surface area contributed by atoms with Gasteiger partial charge < -0.3 is 15.2 Å². The first-order chi connectivity index (χ1) is 10.6. The number of amides is 1. The summed E-state index contributed by atoms with van der Waals surface area (Å²) in [6.45, 7) is 6.48. The number of rotatable bonds is 1. The molecule has 2 aromatic rings. The Bertz CT molecular complexity index is 731. The van der Waals surface area contributed by atoms with Crippen molar-refractivity contribution < 1.29 is 9.32 Å². The first-order valence-corrected chi connectivity index (χ1v) is 7.71. The van der Waals surface area contributed by atoms with Crippen LogP contribution in [0.2, 0.25) is 0 Å². The number of carbonyl (C=O) groups excluding carboxylic acids is 1. The van der Waals surface area contributed by atoms with E-state index >= 15 is 0 Å². The molecule has 5 heteroatoms. The fourth-order valence-electron chi connectivity index (χ4n) is 3.76. The largest absolute Gasteiger partial charge is 0.361 e. The Labute approximate surface area is 129 Å². The van der Waals surface area contributed by atoms with Crippen LogP contribution in [0.1, 0.15) is 33.3 Å². The quantitative estimate of drug-likeness (QED) is 0.845. The maximum Gasteiger partial charge on any atom is 0.251 e. The van der Waals surface area contributed by atoms with Gasteiger partial charge in [0.2, 0.25) is 0 Å². The average Bonchev–Trinajstić information content (AvgIpc) is 3.08. The van der Waals surface area contributed by atoms with Gasteiger partial charge in [-0.15, -0.1) is 0 Å². The molecule has 0 saturated carbocycles. The van der Waals surface area contributed by atoms with E-state index in [9.17, 15) is 4.79 Å². The highest BCUT2D eigenvalue weighted by Gasteiger charge is 2.34. The van der Waals surface area contributed by atoms with Gasteiger partial charge in [0.15, 0.2) is 0 Å². The first-order valence-electron chi connectivity index (χ1n) is 7.71. The summed E-state index contributed by atoms with van der Waals surface area (Å²) < 4.78 is 5.25. The van der Waals surface area contributed by atoms with Gasteiger partial charge in [-0.3, -0.25) is 4.79 Å². The van der Waals surface area contributed by atoms with Gasteiger partial charge in [0.1, 0.15) is 5.76 Å². The number of aromatic nitrogens is 1. The van der Waals surface area contributed by atoms with Crippen molar-refractivity contribution in [1.29, 1.82) is 0 Å². The molecule has 2 aliphatic rings. The lowest BCUT2D eigenvalue weighted by Crippen LogP contribution is -2.28. The number of aryl methyl sites for hydroxylation is 2. The van der Waals surface area contributed by atoms with Crippen molar-refractivity contribution in [1.82, 2.24) is 15.8 Å². The van der Waals surface area contributed by atoms with Gasteiger partial charge in [0, 0.05) is 36.7 Å². The lowest BCUT2D eigenvalue weighted by Gasteiger charge is -2.16. The Morgan fingerprint density at radius 1 is 1.23 bits per heavy atom. The monoisotopic (exact) mass is 297 g/mol. The second-order valence-corrected chi connectivity index (χ2v) is 6.24. The van der Waals surface area contributed by atoms with Gasteiger partial charge in [0.05, 0.1) is 5.69 Å². The summed E-state index contributed by atoms with van der Waals surface area (Å²) in [6.07, 6.45) is 0. The highest BCUT2D eigenvalue weighted by Crippen LogP contribution is 2.35. The van der Waals surface area contributed by atoms with Crippen LogP contribution in [0.5, 0.6) is 0 Å². The van der Waals surface area contributed by atoms with Crippen molar-refractivity contribution in [3.63, 3.8) is 0 Å². The van der Waals surface area contributed by atoms with Crippen LogP contribution in [0.3, 0.4) is 0 Å². The number of hydrogen-bond donors (Lipinski definition) is 2. The van der Waals surface area contributed by atoms with E-state index in [-0.39, 0.29) is 5.91 Å². The Balaban J connectivity index is 1.85. The molecular weight excluding hydrogens is 278 g/mol. The Morgan fingerprint density at radius 2 is 2.09 bits per heavy atom. The number of nitrogens with zero attached hydrogens (tertiary/aromatic N) is 1. The minimum Gasteiger partial charge on any atom is -0.361 e. The number of nitrogens with one attached hydrogen (secondary N) is 2. The summed E-state index contributed by atoms with van der Waals surface area (Å²) in [7, 11) is 0. The van der Waals surface area contributed by atoms with Gasteiger partial charge in [-0.2, -0.15) is 0 Å². The highest BCUT2D eigenvalue weighted by molar-refractivity contribution is 5.97. The third kappa shape index (κ3) is 1.96. The van der Waals surface area contributed by atoms with Crippen molar-refractivity contribution in [3.05, 3.63) is 40.8 Å². The molecule has 1 amide bonds. The van der Waals surface area contributed by atoms with Gasteiger partial charge >= 0.3 is 0 Å². The van der Waals surface area contributed by atoms with Crippen LogP contribution in [-0.4, -0.2) is 30.7 Å². The predicted octanol–water partition coefficient (Wildman–Crippen LogP) is 2.00. The van der Waals surface area contributed by atoms with Crippen LogP contribution < -0.4 is 10.6 Å². The Kier molecular flexibility index (Phi) is 3.04. The second kappa shape index (κ2) is 4.95. The minimum atomic E-state index is 0.0259. The number of hydrogen-bond acceptors (Lipinski definition) is 4. The molecule has 0 bridgehead atoms. The zero-order chi connectivity index (χ0) is 15.3. The molecule has 2 atom stereocenters. The van der Waals surface area contributed by atoms with Crippen LogP contribution in [0, 0.1) is 19.8 Å². The van der Waals surface area contributed by atoms with Crippen molar-refractivity contribution in [2.24, 2.45) is 5.92 Å². The molecule has 0 spiro atoms. The number of fused-ring (bicyclic) bond motifs is 3. The fourth-order valence-corrected chi connectivity index (χ4v) is 3.76. The lowest BCUT2D eigenvalue weighted by atomic mass is 9.86. The highest BCUT2D eigenvalue weighted by atomic mass is 16.5. The van der Waals surface area contributed by atoms with E-state index in [1.54, 1.807) is 0 Å². The summed E-state index contributed by atoms with van der Waals surface area (Å²) in [6, 6.07) is 6.17. The van der Waals surface area contributed by atoms with E-state index in [0.29, 0.717) is 11.8 Å². The van der Waals surface area contributed by atoms with Gasteiger partial charge in [-0.1, -0.05) is 17.3 Å². The molecule has 2 N–H and O–H groups in total. The zero-order valence-corrected chi connectivity index (χ0v) is 12.8. The molecule has 1 aromatic carbocycles. The van der Waals surface area contributed by atoms with E-state index in [1.165, 1.54) is 0 Å². The first kappa shape index (κ1) is 13.5. The average molecular weight is 297 g/mol. The SMILES string of the molecule is Cc1noc(C)c1-c1ccc2c(c1)C(=O)NC[C@H]1CNC[C@H]21. The van der Waals surface area contributed by atoms with Gasteiger partial charge in [0.25, 0.3) is 5.91 Å². The number of benzene rings is 1. The Hall–Kier alpha value is -2.14. The molecule has 2 aliphatic heterocycles. The predicted molar refractivity (Wildman–Crippen MR) is 82.8 cm³/mol. The fraction of sp³-hybridized carbons (Fsp3) is 0.412. The summed E-state index contributed by atoms with van der Waals surface area (Å²) in [5.41, 5.74) is 4.77. The smallest absolute Gasteiger partial charge is 0.251 e. The molecule has 3 heterocycles. The maximum absolute atomic E-state index is 12.5. The third-order valence-electron chi connectivity index (χ3n) is 4.88. The van der Waals surface area contributed by atoms with Crippen LogP contribution in [0.25, 0.3) is 11.1 Å². The summed E-state index contributed by atoms with van der Waals surface area (Å²) in [5, 5.41) is 10.5. The molecule has 4 rings (SSSR count). The van der Waals surface area contributed by atoms with E-state index in [0.717, 1.165) is 53.3 Å². The normalized spacial score (nSPS) is 23.6. The second-order valence-electron chi connectivity index (χ2n) is 6.24. The summed E-state index contributed by atoms with van der Waals surface area (Å²) in [4.78, 5) is 12.5. The third-order valence-corrected chi connectivity index (χ3v) is 4.88. The van der Waals surface area contributed by atoms with E-state index in [2.05, 4.69) is 27.9 Å². The maximum atomic E-state index is 12.5. The molecule has 1 fully saturated rings. The summed E-state index contributed by atoms with van der Waals surface area (Å²) >= 11 is 0. The van der Waals surface area contributed by atoms with E-state index in [4.69, 9.17) is 4.52 Å². The minimum absolute atomic E-state index is 0.0259. The van der Waals surface area contributed by atoms with Crippen molar-refractivity contribution in [2.75, 3.05) is 19.6 Å². The molecule has 0 radical (unpaired) electrons. The van der Waals surface area contributed by atoms with Gasteiger partial charge in [-0.25, -0.2) is 0 Å². The van der Waals surface area contributed by atoms with Crippen LogP contribution in [0.15, 0.2) is 22.7 Å². The molecular formula is C17H19N3O2. The van der Waals surface area contributed by atoms with Gasteiger partial charge in [-0.05, 0) is 37.0 Å². The van der Waals surface area contributed by atoms with Crippen LogP contribution >= 0.6 is 0 Å². The zero-order valence-electron chi connectivity index (χ0n) is 12.8. The molecule has 114 valence electrons. The van der Waals surface area contributed by atoms with E-state index in [1.807, 2.05) is 19.9 Å². The van der Waals surface area contributed by atoms with Crippen molar-refractivity contribution >= 4 is 5.91 Å². The Morgan fingerprint density at radius 3 is 2.86 bits per heavy atom. The van der Waals surface area contributed by atoms with Crippen molar-refractivity contribution in [2.45, 2.75) is 19.8 Å². The van der Waals surface area contributed by atoms with Crippen LogP contribution in [0.4, 0.5) is 0 Å². The van der Waals surface area contributed by atoms with E-state index < -0.39 is 0 Å².